The van der Waals surface area contributed by atoms with E-state index in [1.807, 2.05) is 0 Å². The normalized spacial score (nSPS) is 12.3. The Bertz CT molecular complexity index is 854. The van der Waals surface area contributed by atoms with E-state index in [0.717, 1.165) is 12.1 Å². The Morgan fingerprint density at radius 2 is 1.65 bits per heavy atom. The number of anilines is 1. The lowest BCUT2D eigenvalue weighted by Gasteiger charge is -2.12. The molecule has 0 heterocycles. The molecule has 0 unspecified atom stereocenters. The van der Waals surface area contributed by atoms with Gasteiger partial charge in [-0.2, -0.15) is 13.2 Å². The van der Waals surface area contributed by atoms with Crippen LogP contribution in [0, 0.1) is 6.07 Å². The van der Waals surface area contributed by atoms with Crippen LogP contribution < -0.4 is 4.72 Å². The first kappa shape index (κ1) is 18.2. The summed E-state index contributed by atoms with van der Waals surface area (Å²) >= 11 is 16.9. The largest absolute Gasteiger partial charge is 0.417 e. The number of nitrogens with one attached hydrogen (secondary N) is 1. The van der Waals surface area contributed by atoms with Crippen LogP contribution in [0.4, 0.5) is 18.9 Å². The molecule has 0 fully saturated rings. The molecule has 0 amide bonds. The Kier molecular flexibility index (Phi) is 5.06. The minimum Gasteiger partial charge on any atom is -0.279 e. The van der Waals surface area contributed by atoms with E-state index in [9.17, 15) is 21.6 Å². The highest BCUT2D eigenvalue weighted by Crippen LogP contribution is 2.36. The van der Waals surface area contributed by atoms with E-state index in [-0.39, 0.29) is 15.7 Å². The summed E-state index contributed by atoms with van der Waals surface area (Å²) in [5, 5.41) is -0.381. The third-order valence-corrected chi connectivity index (χ3v) is 5.07. The van der Waals surface area contributed by atoms with Gasteiger partial charge in [0.1, 0.15) is 0 Å². The average Bonchev–Trinajstić information content (AvgIpc) is 2.41. The highest BCUT2D eigenvalue weighted by molar-refractivity contribution is 7.92. The third-order valence-electron chi connectivity index (χ3n) is 2.65. The summed E-state index contributed by atoms with van der Waals surface area (Å²) in [4.78, 5) is -0.603. The van der Waals surface area contributed by atoms with Crippen LogP contribution in [0.5, 0.6) is 0 Å². The molecular formula is C13H6Cl3F3NO2S. The second kappa shape index (κ2) is 6.39. The van der Waals surface area contributed by atoms with Crippen molar-refractivity contribution in [1.82, 2.24) is 0 Å². The second-order valence-corrected chi connectivity index (χ2v) is 7.19. The standard InChI is InChI=1S/C13H6Cl3F3NO2S/c14-10-4-2-8(6-9(10)13(17,18)19)23(21,22)20-7-1-3-11(15)12(16)5-7/h2-6,20H. The number of hydrogen-bond donors (Lipinski definition) is 1. The van der Waals surface area contributed by atoms with Gasteiger partial charge >= 0.3 is 6.18 Å². The second-order valence-electron chi connectivity index (χ2n) is 4.29. The monoisotopic (exact) mass is 402 g/mol. The van der Waals surface area contributed by atoms with Gasteiger partial charge < -0.3 is 0 Å². The molecule has 10 heteroatoms. The van der Waals surface area contributed by atoms with Crippen molar-refractivity contribution < 1.29 is 21.6 Å². The summed E-state index contributed by atoms with van der Waals surface area (Å²) in [6, 6.07) is 7.18. The summed E-state index contributed by atoms with van der Waals surface area (Å²) in [6.45, 7) is 0. The lowest BCUT2D eigenvalue weighted by molar-refractivity contribution is -0.137. The average molecular weight is 404 g/mol. The maximum Gasteiger partial charge on any atom is 0.417 e. The Hall–Kier alpha value is -1.15. The van der Waals surface area contributed by atoms with Gasteiger partial charge in [0.05, 0.1) is 31.2 Å². The number of sulfonamides is 1. The number of rotatable bonds is 3. The highest BCUT2D eigenvalue weighted by atomic mass is 35.5. The van der Waals surface area contributed by atoms with Gasteiger partial charge in [0, 0.05) is 6.07 Å². The van der Waals surface area contributed by atoms with E-state index in [1.54, 1.807) is 0 Å². The number of benzene rings is 2. The summed E-state index contributed by atoms with van der Waals surface area (Å²) in [5.74, 6) is 0. The molecule has 0 saturated heterocycles. The van der Waals surface area contributed by atoms with Crippen LogP contribution in [0.15, 0.2) is 35.2 Å². The number of hydrogen-bond acceptors (Lipinski definition) is 2. The minimum atomic E-state index is -4.78. The Labute approximate surface area is 145 Å². The number of halogens is 6. The van der Waals surface area contributed by atoms with E-state index in [2.05, 4.69) is 10.8 Å². The lowest BCUT2D eigenvalue weighted by atomic mass is 10.2. The fourth-order valence-electron chi connectivity index (χ4n) is 1.60. The maximum absolute atomic E-state index is 12.8. The predicted molar refractivity (Wildman–Crippen MR) is 82.6 cm³/mol. The van der Waals surface area contributed by atoms with Crippen LogP contribution in [0.25, 0.3) is 0 Å². The third kappa shape index (κ3) is 4.23. The summed E-state index contributed by atoms with van der Waals surface area (Å²) in [5.41, 5.74) is -1.32. The first-order chi connectivity index (χ1) is 10.5. The first-order valence-electron chi connectivity index (χ1n) is 5.77. The van der Waals surface area contributed by atoms with Gasteiger partial charge in [-0.15, -0.1) is 0 Å². The quantitative estimate of drug-likeness (QED) is 0.759. The zero-order valence-electron chi connectivity index (χ0n) is 10.9. The van der Waals surface area contributed by atoms with Crippen molar-refractivity contribution in [3.8, 4) is 0 Å². The van der Waals surface area contributed by atoms with Crippen LogP contribution in [0.3, 0.4) is 0 Å². The molecule has 0 bridgehead atoms. The van der Waals surface area contributed by atoms with Gasteiger partial charge in [-0.1, -0.05) is 34.8 Å². The van der Waals surface area contributed by atoms with Gasteiger partial charge in [-0.25, -0.2) is 8.42 Å². The van der Waals surface area contributed by atoms with Crippen LogP contribution in [0.2, 0.25) is 15.1 Å². The Morgan fingerprint density at radius 1 is 1.00 bits per heavy atom. The number of alkyl halides is 3. The van der Waals surface area contributed by atoms with Crippen molar-refractivity contribution in [2.75, 3.05) is 4.72 Å². The molecule has 0 aliphatic rings. The Balaban J connectivity index is 2.42. The zero-order chi connectivity index (χ0) is 17.4. The van der Waals surface area contributed by atoms with E-state index >= 15 is 0 Å². The van der Waals surface area contributed by atoms with E-state index in [1.165, 1.54) is 12.1 Å². The van der Waals surface area contributed by atoms with Crippen molar-refractivity contribution in [1.29, 1.82) is 0 Å². The summed E-state index contributed by atoms with van der Waals surface area (Å²) in [7, 11) is -4.28. The molecule has 2 rings (SSSR count). The SMILES string of the molecule is O=S(=O)(Nc1[c]cc(Cl)c(Cl)c1)c1ccc(Cl)c(C(F)(F)F)c1. The van der Waals surface area contributed by atoms with Crippen molar-refractivity contribution in [2.24, 2.45) is 0 Å². The highest BCUT2D eigenvalue weighted by Gasteiger charge is 2.34. The molecule has 0 spiro atoms. The van der Waals surface area contributed by atoms with Crippen molar-refractivity contribution in [2.45, 2.75) is 11.1 Å². The molecule has 2 aromatic rings. The van der Waals surface area contributed by atoms with Crippen LogP contribution in [-0.2, 0) is 16.2 Å². The first-order valence-corrected chi connectivity index (χ1v) is 8.39. The molecule has 3 nitrogen and oxygen atoms in total. The smallest absolute Gasteiger partial charge is 0.279 e. The van der Waals surface area contributed by atoms with Gasteiger partial charge in [0.15, 0.2) is 0 Å². The van der Waals surface area contributed by atoms with E-state index in [0.29, 0.717) is 6.07 Å². The van der Waals surface area contributed by atoms with Crippen LogP contribution in [0.1, 0.15) is 5.56 Å². The lowest BCUT2D eigenvalue weighted by Crippen LogP contribution is -2.15. The van der Waals surface area contributed by atoms with E-state index < -0.39 is 31.7 Å². The Morgan fingerprint density at radius 3 is 2.22 bits per heavy atom. The summed E-state index contributed by atoms with van der Waals surface area (Å²) in [6.07, 6.45) is -4.78. The molecule has 0 aliphatic heterocycles. The molecule has 123 valence electrons. The van der Waals surface area contributed by atoms with Crippen LogP contribution in [-0.4, -0.2) is 8.42 Å². The van der Waals surface area contributed by atoms with Crippen molar-refractivity contribution in [3.05, 3.63) is 57.0 Å². The molecule has 1 radical (unpaired) electrons. The fourth-order valence-corrected chi connectivity index (χ4v) is 3.14. The van der Waals surface area contributed by atoms with E-state index in [4.69, 9.17) is 34.8 Å². The van der Waals surface area contributed by atoms with Crippen molar-refractivity contribution in [3.63, 3.8) is 0 Å². The zero-order valence-corrected chi connectivity index (χ0v) is 14.0. The molecule has 2 aromatic carbocycles. The molecule has 23 heavy (non-hydrogen) atoms. The van der Waals surface area contributed by atoms with Gasteiger partial charge in [0.2, 0.25) is 0 Å². The predicted octanol–water partition coefficient (Wildman–Crippen LogP) is 5.27. The fraction of sp³-hybridized carbons (Fsp3) is 0.0769. The molecule has 0 aromatic heterocycles. The molecule has 0 atom stereocenters. The summed E-state index contributed by atoms with van der Waals surface area (Å²) < 4.78 is 64.8. The molecule has 0 saturated carbocycles. The van der Waals surface area contributed by atoms with Crippen molar-refractivity contribution >= 4 is 50.5 Å². The van der Waals surface area contributed by atoms with Gasteiger partial charge in [-0.05, 0) is 30.3 Å². The van der Waals surface area contributed by atoms with Crippen LogP contribution >= 0.6 is 34.8 Å². The van der Waals surface area contributed by atoms with Gasteiger partial charge in [-0.3, -0.25) is 4.72 Å². The maximum atomic E-state index is 12.8. The topological polar surface area (TPSA) is 46.2 Å². The van der Waals surface area contributed by atoms with Gasteiger partial charge in [0.25, 0.3) is 10.0 Å². The minimum absolute atomic E-state index is 0.0650. The molecule has 1 N–H and O–H groups in total. The molecule has 0 aliphatic carbocycles. The molecular weight excluding hydrogens is 398 g/mol.